The lowest BCUT2D eigenvalue weighted by Crippen LogP contribution is -2.09. The van der Waals surface area contributed by atoms with Gasteiger partial charge >= 0.3 is 7.60 Å². The Morgan fingerprint density at radius 3 is 2.32 bits per heavy atom. The van der Waals surface area contributed by atoms with E-state index in [1.807, 2.05) is 30.3 Å². The molecule has 0 aliphatic carbocycles. The van der Waals surface area contributed by atoms with Crippen LogP contribution in [0.2, 0.25) is 5.02 Å². The molecule has 100 valence electrons. The van der Waals surface area contributed by atoms with Gasteiger partial charge in [0, 0.05) is 10.6 Å². The van der Waals surface area contributed by atoms with Crippen LogP contribution >= 0.6 is 19.2 Å². The third-order valence-electron chi connectivity index (χ3n) is 2.64. The average molecular weight is 299 g/mol. The molecular formula is C13H12ClO4P. The molecule has 19 heavy (non-hydrogen) atoms. The lowest BCUT2D eigenvalue weighted by Gasteiger charge is -2.15. The van der Waals surface area contributed by atoms with Crippen molar-refractivity contribution in [2.24, 2.45) is 0 Å². The van der Waals surface area contributed by atoms with Crippen molar-refractivity contribution < 1.29 is 19.1 Å². The van der Waals surface area contributed by atoms with Gasteiger partial charge in [0.05, 0.1) is 7.11 Å². The first-order valence-corrected chi connectivity index (χ1v) is 7.41. The Labute approximate surface area is 115 Å². The topological polar surface area (TPSA) is 66.8 Å². The number of hydrogen-bond donors (Lipinski definition) is 2. The molecule has 2 N–H and O–H groups in total. The fourth-order valence-electron chi connectivity index (χ4n) is 1.84. The summed E-state index contributed by atoms with van der Waals surface area (Å²) < 4.78 is 16.7. The predicted octanol–water partition coefficient (Wildman–Crippen LogP) is 2.82. The van der Waals surface area contributed by atoms with Gasteiger partial charge in [0.1, 0.15) is 11.1 Å². The summed E-state index contributed by atoms with van der Waals surface area (Å²) in [5.74, 6) is 0.143. The normalized spacial score (nSPS) is 11.4. The van der Waals surface area contributed by atoms with Gasteiger partial charge in [0.2, 0.25) is 0 Å². The van der Waals surface area contributed by atoms with Crippen LogP contribution < -0.4 is 10.0 Å². The van der Waals surface area contributed by atoms with E-state index >= 15 is 0 Å². The maximum absolute atomic E-state index is 11.5. The molecule has 0 bridgehead atoms. The molecule has 6 heteroatoms. The van der Waals surface area contributed by atoms with E-state index in [1.165, 1.54) is 13.2 Å². The minimum Gasteiger partial charge on any atom is -0.495 e. The maximum atomic E-state index is 11.5. The second-order valence-corrected chi connectivity index (χ2v) is 5.92. The standard InChI is InChI=1S/C13H12ClO4P/c1-18-13-11(9-5-3-2-4-6-9)7-10(14)8-12(13)19(15,16)17/h2-8H,1H3,(H2,15,16,17). The smallest absolute Gasteiger partial charge is 0.360 e. The molecule has 0 amide bonds. The zero-order valence-electron chi connectivity index (χ0n) is 10.1. The van der Waals surface area contributed by atoms with Crippen LogP contribution in [0.5, 0.6) is 5.75 Å². The zero-order valence-corrected chi connectivity index (χ0v) is 11.7. The van der Waals surface area contributed by atoms with Gasteiger partial charge in [0.15, 0.2) is 0 Å². The monoisotopic (exact) mass is 298 g/mol. The Morgan fingerprint density at radius 1 is 1.16 bits per heavy atom. The third-order valence-corrected chi connectivity index (χ3v) is 3.81. The van der Waals surface area contributed by atoms with Crippen LogP contribution in [0.1, 0.15) is 0 Å². The lowest BCUT2D eigenvalue weighted by atomic mass is 10.0. The van der Waals surface area contributed by atoms with Crippen molar-refractivity contribution in [1.82, 2.24) is 0 Å². The fourth-order valence-corrected chi connectivity index (χ4v) is 2.92. The number of methoxy groups -OCH3 is 1. The van der Waals surface area contributed by atoms with E-state index in [0.717, 1.165) is 5.56 Å². The first-order valence-electron chi connectivity index (χ1n) is 5.42. The summed E-state index contributed by atoms with van der Waals surface area (Å²) in [6, 6.07) is 12.0. The molecule has 0 radical (unpaired) electrons. The molecular weight excluding hydrogens is 287 g/mol. The first kappa shape index (κ1) is 14.1. The number of rotatable bonds is 3. The van der Waals surface area contributed by atoms with Gasteiger partial charge in [-0.1, -0.05) is 41.9 Å². The number of halogens is 1. The van der Waals surface area contributed by atoms with E-state index in [1.54, 1.807) is 6.07 Å². The highest BCUT2D eigenvalue weighted by molar-refractivity contribution is 7.60. The highest BCUT2D eigenvalue weighted by atomic mass is 35.5. The Balaban J connectivity index is 2.75. The Kier molecular flexibility index (Phi) is 3.97. The van der Waals surface area contributed by atoms with Crippen LogP contribution in [0, 0.1) is 0 Å². The molecule has 0 saturated heterocycles. The van der Waals surface area contributed by atoms with Gasteiger partial charge in [-0.15, -0.1) is 0 Å². The number of ether oxygens (including phenoxy) is 1. The molecule has 2 aromatic carbocycles. The Morgan fingerprint density at radius 2 is 1.79 bits per heavy atom. The van der Waals surface area contributed by atoms with Gasteiger partial charge in [-0.2, -0.15) is 0 Å². The van der Waals surface area contributed by atoms with Crippen molar-refractivity contribution in [3.05, 3.63) is 47.5 Å². The summed E-state index contributed by atoms with van der Waals surface area (Å²) in [6.45, 7) is 0. The van der Waals surface area contributed by atoms with Crippen molar-refractivity contribution in [3.63, 3.8) is 0 Å². The van der Waals surface area contributed by atoms with Crippen LogP contribution in [0.4, 0.5) is 0 Å². The van der Waals surface area contributed by atoms with E-state index in [-0.39, 0.29) is 16.1 Å². The zero-order chi connectivity index (χ0) is 14.0. The van der Waals surface area contributed by atoms with Gasteiger partial charge in [-0.05, 0) is 17.7 Å². The second-order valence-electron chi connectivity index (χ2n) is 3.92. The SMILES string of the molecule is COc1c(-c2ccccc2)cc(Cl)cc1P(=O)(O)O. The molecule has 0 aliphatic heterocycles. The molecule has 4 nitrogen and oxygen atoms in total. The molecule has 0 spiro atoms. The lowest BCUT2D eigenvalue weighted by molar-refractivity contribution is 0.381. The van der Waals surface area contributed by atoms with Gasteiger partial charge in [-0.25, -0.2) is 0 Å². The molecule has 2 aromatic rings. The molecule has 0 aromatic heterocycles. The first-order chi connectivity index (χ1) is 8.93. The van der Waals surface area contributed by atoms with E-state index in [2.05, 4.69) is 0 Å². The number of hydrogen-bond acceptors (Lipinski definition) is 2. The van der Waals surface area contributed by atoms with Crippen molar-refractivity contribution >= 4 is 24.5 Å². The molecule has 0 aliphatic rings. The molecule has 2 rings (SSSR count). The molecule has 0 saturated carbocycles. The minimum atomic E-state index is -4.46. The quantitative estimate of drug-likeness (QED) is 0.855. The number of benzene rings is 2. The Hall–Kier alpha value is -1.32. The van der Waals surface area contributed by atoms with Gasteiger partial charge < -0.3 is 14.5 Å². The van der Waals surface area contributed by atoms with Crippen LogP contribution in [0.25, 0.3) is 11.1 Å². The van der Waals surface area contributed by atoms with Crippen molar-refractivity contribution in [2.45, 2.75) is 0 Å². The largest absolute Gasteiger partial charge is 0.495 e. The van der Waals surface area contributed by atoms with Crippen molar-refractivity contribution in [1.29, 1.82) is 0 Å². The minimum absolute atomic E-state index is 0.143. The van der Waals surface area contributed by atoms with E-state index < -0.39 is 7.60 Å². The van der Waals surface area contributed by atoms with Gasteiger partial charge in [-0.3, -0.25) is 4.57 Å². The second kappa shape index (κ2) is 5.35. The van der Waals surface area contributed by atoms with Crippen molar-refractivity contribution in [2.75, 3.05) is 7.11 Å². The van der Waals surface area contributed by atoms with Crippen molar-refractivity contribution in [3.8, 4) is 16.9 Å². The molecule has 0 unspecified atom stereocenters. The average Bonchev–Trinajstić information content (AvgIpc) is 2.37. The van der Waals surface area contributed by atoms with Crippen LogP contribution in [-0.2, 0) is 4.57 Å². The summed E-state index contributed by atoms with van der Waals surface area (Å²) >= 11 is 5.94. The van der Waals surface area contributed by atoms with Crippen LogP contribution in [0.3, 0.4) is 0 Å². The summed E-state index contributed by atoms with van der Waals surface area (Å²) in [7, 11) is -3.09. The Bertz CT molecular complexity index is 637. The predicted molar refractivity (Wildman–Crippen MR) is 75.1 cm³/mol. The van der Waals surface area contributed by atoms with Gasteiger partial charge in [0.25, 0.3) is 0 Å². The molecule has 0 atom stereocenters. The summed E-state index contributed by atoms with van der Waals surface area (Å²) in [6.07, 6.45) is 0. The van der Waals surface area contributed by atoms with E-state index in [0.29, 0.717) is 5.56 Å². The summed E-state index contributed by atoms with van der Waals surface area (Å²) in [5, 5.41) is 0.0410. The summed E-state index contributed by atoms with van der Waals surface area (Å²) in [4.78, 5) is 18.7. The van der Waals surface area contributed by atoms with E-state index in [9.17, 15) is 14.4 Å². The highest BCUT2D eigenvalue weighted by Gasteiger charge is 2.26. The van der Waals surface area contributed by atoms with Crippen LogP contribution in [0.15, 0.2) is 42.5 Å². The highest BCUT2D eigenvalue weighted by Crippen LogP contribution is 2.42. The maximum Gasteiger partial charge on any atom is 0.360 e. The molecule has 0 heterocycles. The van der Waals surface area contributed by atoms with E-state index in [4.69, 9.17) is 16.3 Å². The van der Waals surface area contributed by atoms with Crippen LogP contribution in [-0.4, -0.2) is 16.9 Å². The summed E-state index contributed by atoms with van der Waals surface area (Å²) in [5.41, 5.74) is 1.32. The third kappa shape index (κ3) is 2.99. The fraction of sp³-hybridized carbons (Fsp3) is 0.0769. The molecule has 0 fully saturated rings.